The molecular weight excluding hydrogens is 191 g/mol. The van der Waals surface area contributed by atoms with Gasteiger partial charge in [-0.3, -0.25) is 4.98 Å². The molecule has 1 heterocycles. The first-order valence-corrected chi connectivity index (χ1v) is 5.59. The van der Waals surface area contributed by atoms with Crippen LogP contribution in [0.4, 0.5) is 4.39 Å². The van der Waals surface area contributed by atoms with E-state index in [0.29, 0.717) is 5.92 Å². The van der Waals surface area contributed by atoms with E-state index in [-0.39, 0.29) is 11.9 Å². The quantitative estimate of drug-likeness (QED) is 0.826. The van der Waals surface area contributed by atoms with Gasteiger partial charge in [0.25, 0.3) is 0 Å². The maximum absolute atomic E-state index is 13.1. The van der Waals surface area contributed by atoms with Gasteiger partial charge in [-0.05, 0) is 37.4 Å². The van der Waals surface area contributed by atoms with Gasteiger partial charge in [0, 0.05) is 12.2 Å². The first-order chi connectivity index (χ1) is 7.31. The average molecular weight is 208 g/mol. The van der Waals surface area contributed by atoms with E-state index in [1.165, 1.54) is 31.9 Å². The Morgan fingerprint density at radius 3 is 2.73 bits per heavy atom. The predicted molar refractivity (Wildman–Crippen MR) is 58.0 cm³/mol. The van der Waals surface area contributed by atoms with Crippen molar-refractivity contribution in [1.82, 2.24) is 10.3 Å². The summed E-state index contributed by atoms with van der Waals surface area (Å²) in [5.74, 6) is 0.393. The van der Waals surface area contributed by atoms with Gasteiger partial charge < -0.3 is 5.32 Å². The van der Waals surface area contributed by atoms with E-state index < -0.39 is 0 Å². The smallest absolute Gasteiger partial charge is 0.141 e. The van der Waals surface area contributed by atoms with Crippen molar-refractivity contribution in [1.29, 1.82) is 0 Å². The summed E-state index contributed by atoms with van der Waals surface area (Å²) in [6.07, 6.45) is 8.09. The first kappa shape index (κ1) is 10.6. The number of hydrogen-bond donors (Lipinski definition) is 1. The number of pyridine rings is 1. The average Bonchev–Trinajstić information content (AvgIpc) is 2.72. The molecule has 0 bridgehead atoms. The van der Waals surface area contributed by atoms with Gasteiger partial charge in [-0.25, -0.2) is 4.39 Å². The van der Waals surface area contributed by atoms with Gasteiger partial charge in [0.1, 0.15) is 5.82 Å². The number of aromatic nitrogens is 1. The second-order valence-electron chi connectivity index (χ2n) is 4.25. The van der Waals surface area contributed by atoms with E-state index in [1.807, 2.05) is 7.05 Å². The third-order valence-corrected chi connectivity index (χ3v) is 3.27. The van der Waals surface area contributed by atoms with Crippen molar-refractivity contribution in [3.63, 3.8) is 0 Å². The molecule has 15 heavy (non-hydrogen) atoms. The monoisotopic (exact) mass is 208 g/mol. The zero-order chi connectivity index (χ0) is 10.7. The highest BCUT2D eigenvalue weighted by atomic mass is 19.1. The maximum Gasteiger partial charge on any atom is 0.141 e. The van der Waals surface area contributed by atoms with E-state index in [0.717, 1.165) is 5.56 Å². The molecule has 1 atom stereocenters. The molecule has 0 amide bonds. The SMILES string of the molecule is CNC(c1cncc(F)c1)C1CCCC1. The third kappa shape index (κ3) is 2.34. The third-order valence-electron chi connectivity index (χ3n) is 3.27. The lowest BCUT2D eigenvalue weighted by Crippen LogP contribution is -2.23. The minimum absolute atomic E-state index is 0.245. The molecule has 1 aliphatic carbocycles. The molecule has 1 aromatic rings. The molecule has 2 nitrogen and oxygen atoms in total. The van der Waals surface area contributed by atoms with Crippen LogP contribution in [0.5, 0.6) is 0 Å². The van der Waals surface area contributed by atoms with E-state index >= 15 is 0 Å². The van der Waals surface area contributed by atoms with Crippen LogP contribution in [0.2, 0.25) is 0 Å². The minimum atomic E-state index is -0.245. The van der Waals surface area contributed by atoms with Crippen LogP contribution in [-0.4, -0.2) is 12.0 Å². The Kier molecular flexibility index (Phi) is 3.31. The summed E-state index contributed by atoms with van der Waals surface area (Å²) in [5, 5.41) is 3.28. The first-order valence-electron chi connectivity index (χ1n) is 5.59. The van der Waals surface area contributed by atoms with Crippen molar-refractivity contribution in [3.8, 4) is 0 Å². The zero-order valence-electron chi connectivity index (χ0n) is 9.04. The highest BCUT2D eigenvalue weighted by Crippen LogP contribution is 2.35. The van der Waals surface area contributed by atoms with Crippen LogP contribution < -0.4 is 5.32 Å². The number of nitrogens with one attached hydrogen (secondary N) is 1. The van der Waals surface area contributed by atoms with Crippen molar-refractivity contribution < 1.29 is 4.39 Å². The molecule has 0 aliphatic heterocycles. The molecule has 1 N–H and O–H groups in total. The Balaban J connectivity index is 2.18. The lowest BCUT2D eigenvalue weighted by molar-refractivity contribution is 0.388. The number of hydrogen-bond acceptors (Lipinski definition) is 2. The summed E-state index contributed by atoms with van der Waals surface area (Å²) in [6.45, 7) is 0. The van der Waals surface area contributed by atoms with Crippen molar-refractivity contribution >= 4 is 0 Å². The summed E-state index contributed by atoms with van der Waals surface area (Å²) in [4.78, 5) is 3.91. The largest absolute Gasteiger partial charge is 0.313 e. The summed E-state index contributed by atoms with van der Waals surface area (Å²) < 4.78 is 13.1. The molecule has 0 aromatic carbocycles. The second-order valence-corrected chi connectivity index (χ2v) is 4.25. The second kappa shape index (κ2) is 4.71. The number of nitrogens with zero attached hydrogens (tertiary/aromatic N) is 1. The fraction of sp³-hybridized carbons (Fsp3) is 0.583. The Morgan fingerprint density at radius 2 is 2.13 bits per heavy atom. The van der Waals surface area contributed by atoms with E-state index in [4.69, 9.17) is 0 Å². The van der Waals surface area contributed by atoms with Gasteiger partial charge in [-0.2, -0.15) is 0 Å². The van der Waals surface area contributed by atoms with E-state index in [1.54, 1.807) is 12.3 Å². The number of halogens is 1. The molecule has 1 unspecified atom stereocenters. The van der Waals surface area contributed by atoms with Gasteiger partial charge in [0.05, 0.1) is 6.20 Å². The van der Waals surface area contributed by atoms with E-state index in [2.05, 4.69) is 10.3 Å². The van der Waals surface area contributed by atoms with Crippen molar-refractivity contribution in [2.75, 3.05) is 7.05 Å². The lowest BCUT2D eigenvalue weighted by atomic mass is 9.93. The standard InChI is InChI=1S/C12H17FN2/c1-14-12(9-4-2-3-5-9)10-6-11(13)8-15-7-10/h6-9,12,14H,2-5H2,1H3. The van der Waals surface area contributed by atoms with Crippen molar-refractivity contribution in [2.24, 2.45) is 5.92 Å². The molecule has 0 spiro atoms. The highest BCUT2D eigenvalue weighted by Gasteiger charge is 2.25. The Labute approximate surface area is 89.9 Å². The predicted octanol–water partition coefficient (Wildman–Crippen LogP) is 2.67. The van der Waals surface area contributed by atoms with Gasteiger partial charge in [-0.1, -0.05) is 12.8 Å². The molecule has 2 rings (SSSR count). The van der Waals surface area contributed by atoms with Gasteiger partial charge in [-0.15, -0.1) is 0 Å². The van der Waals surface area contributed by atoms with Crippen LogP contribution in [0, 0.1) is 11.7 Å². The highest BCUT2D eigenvalue weighted by molar-refractivity contribution is 5.16. The Hall–Kier alpha value is -0.960. The van der Waals surface area contributed by atoms with Crippen LogP contribution in [0.3, 0.4) is 0 Å². The van der Waals surface area contributed by atoms with Crippen LogP contribution in [-0.2, 0) is 0 Å². The normalized spacial score (nSPS) is 19.3. The topological polar surface area (TPSA) is 24.9 Å². The molecule has 0 radical (unpaired) electrons. The lowest BCUT2D eigenvalue weighted by Gasteiger charge is -2.22. The summed E-state index contributed by atoms with van der Waals surface area (Å²) >= 11 is 0. The van der Waals surface area contributed by atoms with Gasteiger partial charge >= 0.3 is 0 Å². The molecule has 3 heteroatoms. The number of rotatable bonds is 3. The fourth-order valence-electron chi connectivity index (χ4n) is 2.56. The Morgan fingerprint density at radius 1 is 1.40 bits per heavy atom. The maximum atomic E-state index is 13.1. The fourth-order valence-corrected chi connectivity index (χ4v) is 2.56. The Bertz CT molecular complexity index is 321. The molecule has 1 aromatic heterocycles. The van der Waals surface area contributed by atoms with Crippen LogP contribution in [0.15, 0.2) is 18.5 Å². The van der Waals surface area contributed by atoms with Crippen LogP contribution >= 0.6 is 0 Å². The van der Waals surface area contributed by atoms with Crippen molar-refractivity contribution in [2.45, 2.75) is 31.7 Å². The molecule has 1 fully saturated rings. The molecular formula is C12H17FN2. The summed E-state index contributed by atoms with van der Waals surface area (Å²) in [6, 6.07) is 1.85. The van der Waals surface area contributed by atoms with Gasteiger partial charge in [0.2, 0.25) is 0 Å². The van der Waals surface area contributed by atoms with Gasteiger partial charge in [0.15, 0.2) is 0 Å². The summed E-state index contributed by atoms with van der Waals surface area (Å²) in [7, 11) is 1.94. The molecule has 1 aliphatic rings. The molecule has 0 saturated heterocycles. The zero-order valence-corrected chi connectivity index (χ0v) is 9.04. The van der Waals surface area contributed by atoms with Crippen LogP contribution in [0.25, 0.3) is 0 Å². The van der Waals surface area contributed by atoms with Crippen LogP contribution in [0.1, 0.15) is 37.3 Å². The molecule has 82 valence electrons. The van der Waals surface area contributed by atoms with E-state index in [9.17, 15) is 4.39 Å². The van der Waals surface area contributed by atoms with Crippen molar-refractivity contribution in [3.05, 3.63) is 29.8 Å². The minimum Gasteiger partial charge on any atom is -0.313 e. The molecule has 1 saturated carbocycles. The summed E-state index contributed by atoms with van der Waals surface area (Å²) in [5.41, 5.74) is 0.976.